The third-order valence-corrected chi connectivity index (χ3v) is 6.09. The molecule has 3 aromatic rings. The zero-order valence-corrected chi connectivity index (χ0v) is 19.1. The molecule has 0 atom stereocenters. The van der Waals surface area contributed by atoms with Gasteiger partial charge in [-0.2, -0.15) is 21.9 Å². The molecule has 2 heterocycles. The number of hydrogen-bond acceptors (Lipinski definition) is 9. The van der Waals surface area contributed by atoms with Crippen LogP contribution < -0.4 is 5.73 Å². The Hall–Kier alpha value is -2.94. The maximum atomic E-state index is 11.7. The Morgan fingerprint density at radius 3 is 2.38 bits per heavy atom. The van der Waals surface area contributed by atoms with Crippen LogP contribution in [0.15, 0.2) is 45.6 Å². The summed E-state index contributed by atoms with van der Waals surface area (Å²) in [5.74, 6) is -0.529. The van der Waals surface area contributed by atoms with Gasteiger partial charge in [0.25, 0.3) is 20.2 Å². The lowest BCUT2D eigenvalue weighted by molar-refractivity contribution is 0.474. The van der Waals surface area contributed by atoms with Crippen LogP contribution in [-0.2, 0) is 32.2 Å². The molecule has 0 saturated carbocycles. The second-order valence-corrected chi connectivity index (χ2v) is 11.0. The first-order chi connectivity index (χ1) is 14.7. The van der Waals surface area contributed by atoms with Crippen molar-refractivity contribution in [3.8, 4) is 0 Å². The maximum Gasteiger partial charge on any atom is 0.295 e. The number of hydrogen-bond donors (Lipinski definition) is 3. The number of aromatic nitrogens is 3. The smallest absolute Gasteiger partial charge is 0.295 e. The summed E-state index contributed by atoms with van der Waals surface area (Å²) in [4.78, 5) is 3.83. The molecule has 0 unspecified atom stereocenters. The normalized spacial score (nSPS) is 13.3. The lowest BCUT2D eigenvalue weighted by atomic mass is 9.91. The van der Waals surface area contributed by atoms with E-state index in [0.717, 1.165) is 0 Å². The van der Waals surface area contributed by atoms with Gasteiger partial charge in [0.15, 0.2) is 5.69 Å². The van der Waals surface area contributed by atoms with Crippen LogP contribution in [0.4, 0.5) is 17.2 Å². The fourth-order valence-corrected chi connectivity index (χ4v) is 4.07. The van der Waals surface area contributed by atoms with E-state index < -0.39 is 31.4 Å². The van der Waals surface area contributed by atoms with Gasteiger partial charge in [0.1, 0.15) is 16.4 Å². The fraction of sp³-hybridized carbons (Fsp3) is 0.333. The van der Waals surface area contributed by atoms with Gasteiger partial charge in [-0.1, -0.05) is 20.8 Å². The highest BCUT2D eigenvalue weighted by Crippen LogP contribution is 2.37. The minimum absolute atomic E-state index is 0.0501. The molecule has 0 saturated heterocycles. The molecular weight excluding hydrogens is 460 g/mol. The molecule has 1 aromatic carbocycles. The number of nitrogens with zero attached hydrogens (tertiary/aromatic N) is 5. The van der Waals surface area contributed by atoms with Crippen molar-refractivity contribution >= 4 is 48.3 Å². The standard InChI is InChI=1S/C18H22N6O6S2/c1-18(2,3)16-15(17(19)24(23-16)9-10-31(25,26)27)22-21-12-6-7-13(32(28,29)30)11-5-4-8-20-14(11)12/h4-8H,9-10,19H2,1-3H3,(H,25,26,27)(H,28,29,30). The largest absolute Gasteiger partial charge is 0.382 e. The highest BCUT2D eigenvalue weighted by atomic mass is 32.2. The van der Waals surface area contributed by atoms with Crippen molar-refractivity contribution < 1.29 is 25.9 Å². The van der Waals surface area contributed by atoms with Crippen LogP contribution in [0.3, 0.4) is 0 Å². The van der Waals surface area contributed by atoms with Gasteiger partial charge in [0.2, 0.25) is 0 Å². The molecular formula is C18H22N6O6S2. The number of benzene rings is 1. The minimum Gasteiger partial charge on any atom is -0.382 e. The van der Waals surface area contributed by atoms with Gasteiger partial charge >= 0.3 is 0 Å². The quantitative estimate of drug-likeness (QED) is 0.350. The first-order valence-corrected chi connectivity index (χ1v) is 12.3. The molecule has 14 heteroatoms. The number of anilines is 1. The summed E-state index contributed by atoms with van der Waals surface area (Å²) in [7, 11) is -8.70. The van der Waals surface area contributed by atoms with E-state index in [-0.39, 0.29) is 39.5 Å². The van der Waals surface area contributed by atoms with Gasteiger partial charge in [-0.25, -0.2) is 4.68 Å². The van der Waals surface area contributed by atoms with Crippen LogP contribution in [0.25, 0.3) is 10.9 Å². The average molecular weight is 483 g/mol. The summed E-state index contributed by atoms with van der Waals surface area (Å²) in [6.45, 7) is 5.40. The van der Waals surface area contributed by atoms with E-state index in [1.807, 2.05) is 20.8 Å². The zero-order valence-electron chi connectivity index (χ0n) is 17.5. The number of pyridine rings is 1. The Labute approximate surface area is 184 Å². The van der Waals surface area contributed by atoms with Crippen molar-refractivity contribution in [3.63, 3.8) is 0 Å². The Morgan fingerprint density at radius 1 is 1.09 bits per heavy atom. The van der Waals surface area contributed by atoms with E-state index in [9.17, 15) is 21.4 Å². The Balaban J connectivity index is 2.12. The van der Waals surface area contributed by atoms with E-state index >= 15 is 0 Å². The van der Waals surface area contributed by atoms with Crippen LogP contribution in [0.5, 0.6) is 0 Å². The summed E-state index contributed by atoms with van der Waals surface area (Å²) in [5.41, 5.74) is 6.67. The third kappa shape index (κ3) is 5.09. The topological polar surface area (TPSA) is 190 Å². The van der Waals surface area contributed by atoms with E-state index in [0.29, 0.717) is 5.69 Å². The third-order valence-electron chi connectivity index (χ3n) is 4.48. The van der Waals surface area contributed by atoms with Gasteiger partial charge in [0.05, 0.1) is 23.5 Å². The summed E-state index contributed by atoms with van der Waals surface area (Å²) in [5, 5.41) is 12.9. The van der Waals surface area contributed by atoms with Crippen molar-refractivity contribution in [2.75, 3.05) is 11.5 Å². The number of nitrogen functional groups attached to an aromatic ring is 1. The second kappa shape index (κ2) is 8.20. The highest BCUT2D eigenvalue weighted by molar-refractivity contribution is 7.86. The molecule has 12 nitrogen and oxygen atoms in total. The van der Waals surface area contributed by atoms with E-state index in [1.54, 1.807) is 0 Å². The molecule has 0 aliphatic heterocycles. The van der Waals surface area contributed by atoms with Gasteiger partial charge in [-0.15, -0.1) is 10.2 Å². The number of azo groups is 1. The summed E-state index contributed by atoms with van der Waals surface area (Å²) >= 11 is 0. The molecule has 0 bridgehead atoms. The minimum atomic E-state index is -4.48. The Bertz CT molecular complexity index is 1420. The van der Waals surface area contributed by atoms with Crippen molar-refractivity contribution in [1.82, 2.24) is 14.8 Å². The average Bonchev–Trinajstić information content (AvgIpc) is 2.99. The number of nitrogens with two attached hydrogens (primary N) is 1. The van der Waals surface area contributed by atoms with Crippen molar-refractivity contribution in [2.24, 2.45) is 10.2 Å². The SMILES string of the molecule is CC(C)(C)c1nn(CCS(=O)(=O)O)c(N)c1N=Nc1ccc(S(=O)(=O)O)c2cccnc12. The van der Waals surface area contributed by atoms with Crippen LogP contribution in [0.2, 0.25) is 0 Å². The van der Waals surface area contributed by atoms with Crippen molar-refractivity contribution in [3.05, 3.63) is 36.2 Å². The molecule has 4 N–H and O–H groups in total. The molecule has 3 rings (SSSR count). The van der Waals surface area contributed by atoms with E-state index in [1.165, 1.54) is 35.1 Å². The van der Waals surface area contributed by atoms with Gasteiger partial charge < -0.3 is 5.73 Å². The van der Waals surface area contributed by atoms with E-state index in [4.69, 9.17) is 10.3 Å². The van der Waals surface area contributed by atoms with Crippen LogP contribution in [0, 0.1) is 0 Å². The Kier molecular flexibility index (Phi) is 6.08. The summed E-state index contributed by atoms with van der Waals surface area (Å²) < 4.78 is 65.2. The molecule has 0 spiro atoms. The summed E-state index contributed by atoms with van der Waals surface area (Å²) in [6, 6.07) is 5.54. The maximum absolute atomic E-state index is 11.7. The van der Waals surface area contributed by atoms with Gasteiger partial charge in [-0.3, -0.25) is 14.1 Å². The number of fused-ring (bicyclic) bond motifs is 1. The monoisotopic (exact) mass is 482 g/mol. The van der Waals surface area contributed by atoms with Crippen LogP contribution in [-0.4, -0.2) is 46.5 Å². The van der Waals surface area contributed by atoms with Gasteiger partial charge in [-0.05, 0) is 24.3 Å². The first kappa shape index (κ1) is 23.7. The molecule has 172 valence electrons. The Morgan fingerprint density at radius 2 is 1.78 bits per heavy atom. The molecule has 0 fully saturated rings. The van der Waals surface area contributed by atoms with Crippen molar-refractivity contribution in [1.29, 1.82) is 0 Å². The van der Waals surface area contributed by atoms with Crippen molar-refractivity contribution in [2.45, 2.75) is 37.6 Å². The van der Waals surface area contributed by atoms with Gasteiger partial charge in [0, 0.05) is 17.0 Å². The predicted molar refractivity (Wildman–Crippen MR) is 117 cm³/mol. The lowest BCUT2D eigenvalue weighted by Crippen LogP contribution is -2.16. The number of aryl methyl sites for hydroxylation is 1. The second-order valence-electron chi connectivity index (χ2n) is 8.00. The zero-order chi connectivity index (χ0) is 23.9. The fourth-order valence-electron chi connectivity index (χ4n) is 2.98. The molecule has 32 heavy (non-hydrogen) atoms. The molecule has 0 amide bonds. The first-order valence-electron chi connectivity index (χ1n) is 9.27. The molecule has 0 radical (unpaired) electrons. The molecule has 0 aliphatic carbocycles. The van der Waals surface area contributed by atoms with Crippen LogP contribution in [0.1, 0.15) is 26.5 Å². The highest BCUT2D eigenvalue weighted by Gasteiger charge is 2.27. The van der Waals surface area contributed by atoms with E-state index in [2.05, 4.69) is 20.3 Å². The molecule has 2 aromatic heterocycles. The molecule has 0 aliphatic rings. The van der Waals surface area contributed by atoms with Crippen LogP contribution >= 0.6 is 0 Å². The predicted octanol–water partition coefficient (Wildman–Crippen LogP) is 2.86. The number of rotatable bonds is 6. The lowest BCUT2D eigenvalue weighted by Gasteiger charge is -2.15. The summed E-state index contributed by atoms with van der Waals surface area (Å²) in [6.07, 6.45) is 1.44.